The topological polar surface area (TPSA) is 206 Å². The van der Waals surface area contributed by atoms with Gasteiger partial charge in [0.25, 0.3) is 0 Å². The number of unbranched alkanes of at least 4 members (excludes halogenated alkanes) is 1. The van der Waals surface area contributed by atoms with Gasteiger partial charge in [0.15, 0.2) is 11.5 Å². The molecule has 2 aromatic carbocycles. The van der Waals surface area contributed by atoms with E-state index in [2.05, 4.69) is 37.8 Å². The van der Waals surface area contributed by atoms with Gasteiger partial charge in [-0.2, -0.15) is 9.97 Å². The maximum Gasteiger partial charge on any atom is 0.408 e. The molecule has 0 aliphatic heterocycles. The molecule has 0 saturated heterocycles. The number of anilines is 3. The molecule has 2 heterocycles. The minimum Gasteiger partial charge on any atom is -0.481 e. The van der Waals surface area contributed by atoms with Crippen molar-refractivity contribution in [2.24, 2.45) is 11.3 Å². The van der Waals surface area contributed by atoms with Crippen molar-refractivity contribution >= 4 is 46.6 Å². The summed E-state index contributed by atoms with van der Waals surface area (Å²) in [6, 6.07) is 14.6. The van der Waals surface area contributed by atoms with Gasteiger partial charge in [-0.05, 0) is 41.5 Å². The predicted octanol–water partition coefficient (Wildman–Crippen LogP) is 4.33. The van der Waals surface area contributed by atoms with E-state index in [1.54, 1.807) is 57.2 Å². The lowest BCUT2D eigenvalue weighted by Gasteiger charge is -2.30. The summed E-state index contributed by atoms with van der Waals surface area (Å²) in [5, 5.41) is 18.3. The number of carbonyl (C=O) groups excluding carboxylic acids is 2. The first-order valence-electron chi connectivity index (χ1n) is 15.5. The van der Waals surface area contributed by atoms with Crippen LogP contribution in [0, 0.1) is 11.3 Å². The van der Waals surface area contributed by atoms with Crippen LogP contribution in [0.3, 0.4) is 0 Å². The molecular formula is C33H42N8O6. The van der Waals surface area contributed by atoms with E-state index in [-0.39, 0.29) is 25.4 Å². The van der Waals surface area contributed by atoms with Crippen molar-refractivity contribution in [3.8, 4) is 0 Å². The van der Waals surface area contributed by atoms with Crippen molar-refractivity contribution < 1.29 is 24.2 Å². The summed E-state index contributed by atoms with van der Waals surface area (Å²) in [6.07, 6.45) is 0.914. The summed E-state index contributed by atoms with van der Waals surface area (Å²) >= 11 is 0. The van der Waals surface area contributed by atoms with Crippen molar-refractivity contribution in [2.75, 3.05) is 22.9 Å². The molecule has 14 heteroatoms. The van der Waals surface area contributed by atoms with E-state index in [1.807, 2.05) is 18.2 Å². The summed E-state index contributed by atoms with van der Waals surface area (Å²) in [5.74, 6) is -2.13. The van der Waals surface area contributed by atoms with E-state index >= 15 is 0 Å². The van der Waals surface area contributed by atoms with Crippen molar-refractivity contribution in [1.29, 1.82) is 0 Å². The first-order valence-corrected chi connectivity index (χ1v) is 15.5. The number of hydrogen-bond donors (Lipinski definition) is 6. The van der Waals surface area contributed by atoms with Crippen molar-refractivity contribution in [3.63, 3.8) is 0 Å². The molecule has 14 nitrogen and oxygen atoms in total. The minimum atomic E-state index is -1.20. The molecule has 7 N–H and O–H groups in total. The van der Waals surface area contributed by atoms with Gasteiger partial charge in [-0.1, -0.05) is 76.6 Å². The number of carbonyl (C=O) groups is 3. The van der Waals surface area contributed by atoms with Gasteiger partial charge < -0.3 is 36.5 Å². The summed E-state index contributed by atoms with van der Waals surface area (Å²) in [4.78, 5) is 62.5. The largest absolute Gasteiger partial charge is 0.481 e. The van der Waals surface area contributed by atoms with Gasteiger partial charge in [0.2, 0.25) is 11.9 Å². The molecule has 2 amide bonds. The first kappa shape index (κ1) is 34.5. The fourth-order valence-corrected chi connectivity index (χ4v) is 4.96. The number of nitrogens with one attached hydrogen (secondary N) is 4. The number of rotatable bonds is 14. The zero-order valence-electron chi connectivity index (χ0n) is 27.0. The number of nitrogen functional groups attached to an aromatic ring is 1. The number of ether oxygens (including phenoxy) is 1. The molecular weight excluding hydrogens is 604 g/mol. The highest BCUT2D eigenvalue weighted by Gasteiger charge is 2.36. The van der Waals surface area contributed by atoms with Crippen LogP contribution in [0.5, 0.6) is 0 Å². The average molecular weight is 647 g/mol. The number of nitrogens with two attached hydrogens (primary N) is 1. The van der Waals surface area contributed by atoms with Crippen LogP contribution in [0.25, 0.3) is 11.2 Å². The van der Waals surface area contributed by atoms with Crippen LogP contribution in [0.4, 0.5) is 22.2 Å². The van der Waals surface area contributed by atoms with Crippen LogP contribution in [0.2, 0.25) is 0 Å². The number of aliphatic carboxylic acids is 1. The number of carboxylic acid groups (broad SMARTS) is 1. The number of nitrogens with zero attached hydrogens (tertiary/aromatic N) is 3. The van der Waals surface area contributed by atoms with Gasteiger partial charge in [-0.3, -0.25) is 14.2 Å². The first-order chi connectivity index (χ1) is 22.3. The summed E-state index contributed by atoms with van der Waals surface area (Å²) in [5.41, 5.74) is 7.61. The van der Waals surface area contributed by atoms with Gasteiger partial charge in [0.05, 0.1) is 12.5 Å². The fourth-order valence-electron chi connectivity index (χ4n) is 4.96. The highest BCUT2D eigenvalue weighted by molar-refractivity contribution is 5.97. The molecule has 0 aliphatic rings. The van der Waals surface area contributed by atoms with Gasteiger partial charge in [0.1, 0.15) is 18.2 Å². The molecule has 0 fully saturated rings. The SMILES string of the molecule is CCCCNc1nc(N)c2[nH]c(=O)n(Cc3ccc(NC(=O)C(C[C@H](C(=O)O)C(C)(C)C)NC(=O)OCc4ccccc4)cc3)c2n1. The number of hydrogen-bond acceptors (Lipinski definition) is 9. The Morgan fingerprint density at radius 3 is 2.38 bits per heavy atom. The summed E-state index contributed by atoms with van der Waals surface area (Å²) in [7, 11) is 0. The van der Waals surface area contributed by atoms with E-state index in [9.17, 15) is 24.3 Å². The summed E-state index contributed by atoms with van der Waals surface area (Å²) < 4.78 is 6.75. The second-order valence-corrected chi connectivity index (χ2v) is 12.4. The molecule has 250 valence electrons. The van der Waals surface area contributed by atoms with Crippen LogP contribution in [-0.2, 0) is 27.5 Å². The van der Waals surface area contributed by atoms with Gasteiger partial charge in [-0.15, -0.1) is 0 Å². The number of amides is 2. The van der Waals surface area contributed by atoms with Crippen LogP contribution in [-0.4, -0.2) is 55.2 Å². The minimum absolute atomic E-state index is 0.0150. The Hall–Kier alpha value is -5.40. The maximum atomic E-state index is 13.4. The number of carboxylic acids is 1. The Kier molecular flexibility index (Phi) is 11.2. The number of benzene rings is 2. The fraction of sp³-hybridized carbons (Fsp3) is 0.394. The van der Waals surface area contributed by atoms with Gasteiger partial charge in [0, 0.05) is 12.2 Å². The third-order valence-corrected chi connectivity index (χ3v) is 7.66. The van der Waals surface area contributed by atoms with E-state index in [1.165, 1.54) is 4.57 Å². The van der Waals surface area contributed by atoms with E-state index in [0.29, 0.717) is 29.3 Å². The molecule has 0 bridgehead atoms. The van der Waals surface area contributed by atoms with Crippen molar-refractivity contribution in [2.45, 2.75) is 66.2 Å². The second kappa shape index (κ2) is 15.3. The monoisotopic (exact) mass is 646 g/mol. The quantitative estimate of drug-likeness (QED) is 0.107. The third kappa shape index (κ3) is 9.31. The lowest BCUT2D eigenvalue weighted by atomic mass is 9.77. The van der Waals surface area contributed by atoms with Crippen molar-refractivity contribution in [1.82, 2.24) is 24.8 Å². The Bertz CT molecular complexity index is 1750. The standard InChI is InChI=1S/C33H42N8O6/c1-5-6-16-35-30-39-26(34)25-27(40-30)41(31(45)38-25)18-20-12-14-22(15-13-20)36-28(42)24(17-23(29(43)44)33(2,3)4)37-32(46)47-19-21-10-8-7-9-11-21/h7-15,23-24H,5-6,16-19H2,1-4H3,(H,36,42)(H,37,46)(H,38,45)(H,43,44)(H3,34,35,39,40)/t23-,24?/m1/s1. The highest BCUT2D eigenvalue weighted by Crippen LogP contribution is 2.30. The molecule has 0 saturated carbocycles. The normalized spacial score (nSPS) is 12.7. The van der Waals surface area contributed by atoms with Crippen LogP contribution < -0.4 is 27.4 Å². The lowest BCUT2D eigenvalue weighted by Crippen LogP contribution is -2.47. The Labute approximate surface area is 272 Å². The zero-order chi connectivity index (χ0) is 34.1. The Morgan fingerprint density at radius 1 is 1.04 bits per heavy atom. The molecule has 2 atom stereocenters. The Balaban J connectivity index is 1.48. The highest BCUT2D eigenvalue weighted by atomic mass is 16.5. The van der Waals surface area contributed by atoms with Crippen LogP contribution in [0.1, 0.15) is 58.1 Å². The van der Waals surface area contributed by atoms with E-state index < -0.39 is 41.0 Å². The predicted molar refractivity (Wildman–Crippen MR) is 179 cm³/mol. The lowest BCUT2D eigenvalue weighted by molar-refractivity contribution is -0.146. The van der Waals surface area contributed by atoms with Gasteiger partial charge in [-0.25, -0.2) is 9.59 Å². The molecule has 0 radical (unpaired) electrons. The molecule has 2 aromatic heterocycles. The average Bonchev–Trinajstić information content (AvgIpc) is 3.33. The third-order valence-electron chi connectivity index (χ3n) is 7.66. The second-order valence-electron chi connectivity index (χ2n) is 12.4. The zero-order valence-corrected chi connectivity index (χ0v) is 27.0. The molecule has 1 unspecified atom stereocenters. The smallest absolute Gasteiger partial charge is 0.408 e. The number of fused-ring (bicyclic) bond motifs is 1. The number of imidazole rings is 1. The number of H-pyrrole nitrogens is 1. The summed E-state index contributed by atoms with van der Waals surface area (Å²) in [6.45, 7) is 8.17. The molecule has 4 rings (SSSR count). The van der Waals surface area contributed by atoms with Gasteiger partial charge >= 0.3 is 17.8 Å². The molecule has 4 aromatic rings. The van der Waals surface area contributed by atoms with E-state index in [0.717, 1.165) is 24.0 Å². The van der Waals surface area contributed by atoms with Crippen LogP contribution in [0.15, 0.2) is 59.4 Å². The van der Waals surface area contributed by atoms with Crippen molar-refractivity contribution in [3.05, 3.63) is 76.2 Å². The number of alkyl carbamates (subject to hydrolysis) is 1. The number of aromatic amines is 1. The van der Waals surface area contributed by atoms with Crippen LogP contribution >= 0.6 is 0 Å². The molecule has 0 spiro atoms. The Morgan fingerprint density at radius 2 is 1.74 bits per heavy atom. The molecule has 47 heavy (non-hydrogen) atoms. The maximum absolute atomic E-state index is 13.4. The van der Waals surface area contributed by atoms with E-state index in [4.69, 9.17) is 10.5 Å². The molecule has 0 aliphatic carbocycles. The number of aromatic nitrogens is 4.